The average Bonchev–Trinajstić information content (AvgIpc) is 3.39. The number of hydrogen-bond donors (Lipinski definition) is 1. The number of aryl methyl sites for hydroxylation is 1. The van der Waals surface area contributed by atoms with E-state index in [1.165, 1.54) is 18.0 Å². The number of thioether (sulfide) groups is 1. The SMILES string of the molecule is CCOC(=O)C(CC)(COCSCc1c(OC)cc(C)cc1OC)COP(OC1[C@@H](CC)O[C@@H](n2ccc(=O)[nH]c2=O)[C@H]1F)N(C(C)C)C(C)C. The monoisotopic (exact) mass is 759 g/mol. The average molecular weight is 760 g/mol. The number of H-pyrrole nitrogens is 1. The molecule has 288 valence electrons. The van der Waals surface area contributed by atoms with Crippen LogP contribution in [0.2, 0.25) is 0 Å². The molecule has 2 heterocycles. The third-order valence-electron chi connectivity index (χ3n) is 8.63. The van der Waals surface area contributed by atoms with Crippen molar-refractivity contribution < 1.29 is 41.9 Å². The highest BCUT2D eigenvalue weighted by molar-refractivity contribution is 7.98. The van der Waals surface area contributed by atoms with Crippen LogP contribution in [0.1, 0.15) is 78.7 Å². The number of alkyl halides is 1. The molecule has 1 aliphatic rings. The number of rotatable bonds is 21. The Morgan fingerprint density at radius 3 is 2.27 bits per heavy atom. The van der Waals surface area contributed by atoms with Gasteiger partial charge in [-0.1, -0.05) is 13.8 Å². The second kappa shape index (κ2) is 20.1. The zero-order valence-electron chi connectivity index (χ0n) is 31.4. The van der Waals surface area contributed by atoms with Gasteiger partial charge in [0.25, 0.3) is 14.1 Å². The first-order valence-electron chi connectivity index (χ1n) is 17.3. The number of benzene rings is 1. The van der Waals surface area contributed by atoms with Gasteiger partial charge in [0.1, 0.15) is 23.0 Å². The third kappa shape index (κ3) is 10.8. The van der Waals surface area contributed by atoms with Gasteiger partial charge >= 0.3 is 11.7 Å². The fraction of sp³-hybridized carbons (Fsp3) is 0.686. The van der Waals surface area contributed by atoms with Crippen molar-refractivity contribution in [3.05, 3.63) is 56.4 Å². The zero-order valence-corrected chi connectivity index (χ0v) is 33.1. The molecule has 16 heteroatoms. The fourth-order valence-electron chi connectivity index (χ4n) is 5.90. The zero-order chi connectivity index (χ0) is 37.9. The number of methoxy groups -OCH3 is 2. The lowest BCUT2D eigenvalue weighted by atomic mass is 9.87. The van der Waals surface area contributed by atoms with Crippen LogP contribution in [0.5, 0.6) is 11.5 Å². The number of ether oxygens (including phenoxy) is 5. The van der Waals surface area contributed by atoms with Gasteiger partial charge < -0.3 is 32.7 Å². The summed E-state index contributed by atoms with van der Waals surface area (Å²) in [6, 6.07) is 4.89. The minimum atomic E-state index is -1.97. The second-order valence-corrected chi connectivity index (χ2v) is 15.2. The summed E-state index contributed by atoms with van der Waals surface area (Å²) in [6.45, 7) is 15.4. The van der Waals surface area contributed by atoms with Crippen molar-refractivity contribution >= 4 is 26.3 Å². The van der Waals surface area contributed by atoms with Gasteiger partial charge in [-0.2, -0.15) is 0 Å². The van der Waals surface area contributed by atoms with E-state index in [1.54, 1.807) is 21.1 Å². The Labute approximate surface area is 305 Å². The maximum absolute atomic E-state index is 16.3. The summed E-state index contributed by atoms with van der Waals surface area (Å²) in [5, 5.41) is 0. The Hall–Kier alpha value is -2.52. The maximum atomic E-state index is 16.3. The molecule has 1 aromatic carbocycles. The van der Waals surface area contributed by atoms with Gasteiger partial charge in [0, 0.05) is 35.7 Å². The smallest absolute Gasteiger partial charge is 0.330 e. The van der Waals surface area contributed by atoms with Gasteiger partial charge in [-0.3, -0.25) is 19.1 Å². The van der Waals surface area contributed by atoms with E-state index in [0.29, 0.717) is 18.6 Å². The first-order valence-corrected chi connectivity index (χ1v) is 19.6. The van der Waals surface area contributed by atoms with E-state index in [0.717, 1.165) is 33.3 Å². The molecule has 0 spiro atoms. The molecule has 1 N–H and O–H groups in total. The summed E-state index contributed by atoms with van der Waals surface area (Å²) in [4.78, 5) is 39.9. The minimum Gasteiger partial charge on any atom is -0.496 e. The van der Waals surface area contributed by atoms with Crippen molar-refractivity contribution in [2.75, 3.05) is 40.0 Å². The minimum absolute atomic E-state index is 0.0110. The van der Waals surface area contributed by atoms with E-state index in [2.05, 4.69) is 4.98 Å². The molecule has 1 saturated heterocycles. The van der Waals surface area contributed by atoms with Crippen LogP contribution in [0.15, 0.2) is 34.0 Å². The number of aromatic nitrogens is 2. The molecule has 3 unspecified atom stereocenters. The molecule has 0 aliphatic carbocycles. The van der Waals surface area contributed by atoms with Crippen LogP contribution in [0.25, 0.3) is 0 Å². The summed E-state index contributed by atoms with van der Waals surface area (Å²) in [5.74, 6) is 1.80. The molecular formula is C35H55FN3O10PS. The van der Waals surface area contributed by atoms with E-state index in [-0.39, 0.29) is 37.8 Å². The molecular weight excluding hydrogens is 704 g/mol. The van der Waals surface area contributed by atoms with Gasteiger partial charge in [-0.15, -0.1) is 11.8 Å². The Kier molecular flexibility index (Phi) is 16.9. The number of carbonyl (C=O) groups excluding carboxylic acids is 1. The van der Waals surface area contributed by atoms with Crippen LogP contribution in [0.4, 0.5) is 4.39 Å². The normalized spacial score (nSPS) is 20.9. The number of nitrogens with one attached hydrogen (secondary N) is 1. The predicted octanol–water partition coefficient (Wildman–Crippen LogP) is 6.12. The van der Waals surface area contributed by atoms with Crippen LogP contribution >= 0.6 is 20.3 Å². The topological polar surface area (TPSA) is 140 Å². The molecule has 51 heavy (non-hydrogen) atoms. The number of hydrogen-bond acceptors (Lipinski definition) is 12. The first-order chi connectivity index (χ1) is 24.3. The Morgan fingerprint density at radius 2 is 1.75 bits per heavy atom. The lowest BCUT2D eigenvalue weighted by molar-refractivity contribution is -0.162. The first kappa shape index (κ1) is 42.9. The molecule has 0 amide bonds. The van der Waals surface area contributed by atoms with Crippen LogP contribution in [-0.4, -0.2) is 90.6 Å². The molecule has 0 radical (unpaired) electrons. The number of esters is 1. The van der Waals surface area contributed by atoms with Gasteiger partial charge in [-0.25, -0.2) is 13.9 Å². The van der Waals surface area contributed by atoms with Crippen LogP contribution in [-0.2, 0) is 33.8 Å². The van der Waals surface area contributed by atoms with Gasteiger partial charge in [0.05, 0.1) is 46.1 Å². The van der Waals surface area contributed by atoms with Crippen LogP contribution in [0, 0.1) is 12.3 Å². The summed E-state index contributed by atoms with van der Waals surface area (Å²) in [5.41, 5.74) is -0.643. The number of nitrogens with zero attached hydrogens (tertiary/aromatic N) is 2. The highest BCUT2D eigenvalue weighted by Crippen LogP contribution is 2.52. The van der Waals surface area contributed by atoms with Crippen LogP contribution in [0.3, 0.4) is 0 Å². The van der Waals surface area contributed by atoms with Gasteiger partial charge in [-0.05, 0) is 72.1 Å². The van der Waals surface area contributed by atoms with Gasteiger partial charge in [0.15, 0.2) is 12.4 Å². The van der Waals surface area contributed by atoms with Crippen molar-refractivity contribution in [1.82, 2.24) is 14.2 Å². The van der Waals surface area contributed by atoms with E-state index in [1.807, 2.05) is 65.3 Å². The van der Waals surface area contributed by atoms with Crippen molar-refractivity contribution in [2.24, 2.45) is 5.41 Å². The fourth-order valence-corrected chi connectivity index (χ4v) is 8.55. The standard InChI is InChI=1S/C35H55FN3O10PS/c1-11-26-31(30(36)32(48-26)38-15-14-29(40)37-34(38)42)49-50(39(22(4)5)23(6)7)47-20-35(12-2,33(41)46-13-3)19-45-21-51-18-25-27(43-9)16-24(8)17-28(25)44-10/h14-17,22-23,26,30-32H,11-13,18-21H2,1-10H3,(H,37,40,42)/t26-,30+,31?,32-,35?,50?/m1/s1. The Bertz CT molecular complexity index is 1490. The molecule has 1 aliphatic heterocycles. The van der Waals surface area contributed by atoms with Crippen molar-refractivity contribution in [3.8, 4) is 11.5 Å². The lowest BCUT2D eigenvalue weighted by Gasteiger charge is -2.39. The highest BCUT2D eigenvalue weighted by Gasteiger charge is 2.50. The molecule has 0 bridgehead atoms. The molecule has 6 atom stereocenters. The third-order valence-corrected chi connectivity index (χ3v) is 11.5. The van der Waals surface area contributed by atoms with Crippen LogP contribution < -0.4 is 20.7 Å². The second-order valence-electron chi connectivity index (χ2n) is 12.9. The van der Waals surface area contributed by atoms with E-state index < -0.39 is 55.8 Å². The molecule has 3 rings (SSSR count). The number of halogens is 1. The molecule has 0 saturated carbocycles. The number of aromatic amines is 1. The largest absolute Gasteiger partial charge is 0.496 e. The molecule has 13 nitrogen and oxygen atoms in total. The maximum Gasteiger partial charge on any atom is 0.330 e. The summed E-state index contributed by atoms with van der Waals surface area (Å²) in [7, 11) is 1.27. The highest BCUT2D eigenvalue weighted by atomic mass is 32.2. The Balaban J connectivity index is 1.83. The molecule has 1 aromatic heterocycles. The van der Waals surface area contributed by atoms with Crippen molar-refractivity contribution in [1.29, 1.82) is 0 Å². The summed E-state index contributed by atoms with van der Waals surface area (Å²) < 4.78 is 61.1. The molecule has 1 fully saturated rings. The van der Waals surface area contributed by atoms with E-state index in [4.69, 9.17) is 32.7 Å². The number of carbonyl (C=O) groups is 1. The summed E-state index contributed by atoms with van der Waals surface area (Å²) >= 11 is 1.51. The van der Waals surface area contributed by atoms with E-state index in [9.17, 15) is 14.4 Å². The predicted molar refractivity (Wildman–Crippen MR) is 196 cm³/mol. The Morgan fingerprint density at radius 1 is 1.10 bits per heavy atom. The summed E-state index contributed by atoms with van der Waals surface area (Å²) in [6.07, 6.45) is -2.96. The van der Waals surface area contributed by atoms with E-state index >= 15 is 4.39 Å². The van der Waals surface area contributed by atoms with Gasteiger partial charge in [0.2, 0.25) is 0 Å². The lowest BCUT2D eigenvalue weighted by Crippen LogP contribution is -2.43. The molecule has 2 aromatic rings. The van der Waals surface area contributed by atoms with Crippen molar-refractivity contribution in [2.45, 2.75) is 111 Å². The quantitative estimate of drug-likeness (QED) is 0.0679. The van der Waals surface area contributed by atoms with Crippen molar-refractivity contribution in [3.63, 3.8) is 0 Å².